The third-order valence-corrected chi connectivity index (χ3v) is 3.20. The van der Waals surface area contributed by atoms with Gasteiger partial charge in [0.1, 0.15) is 0 Å². The molecular weight excluding hydrogens is 236 g/mol. The quantitative estimate of drug-likeness (QED) is 0.786. The molecule has 2 aromatic rings. The van der Waals surface area contributed by atoms with Crippen molar-refractivity contribution < 1.29 is 0 Å². The summed E-state index contributed by atoms with van der Waals surface area (Å²) >= 11 is 0. The Morgan fingerprint density at radius 2 is 1.63 bits per heavy atom. The van der Waals surface area contributed by atoms with Crippen LogP contribution < -0.4 is 5.56 Å². The molecule has 1 N–H and O–H groups in total. The molecular formula is C16H22N2O. The zero-order valence-electron chi connectivity index (χ0n) is 12.6. The second-order valence-corrected chi connectivity index (χ2v) is 7.14. The Balaban J connectivity index is 2.88. The van der Waals surface area contributed by atoms with Crippen LogP contribution in [-0.2, 0) is 10.8 Å². The van der Waals surface area contributed by atoms with E-state index in [1.165, 1.54) is 0 Å². The smallest absolute Gasteiger partial charge is 0.248 e. The fourth-order valence-electron chi connectivity index (χ4n) is 2.12. The van der Waals surface area contributed by atoms with Crippen molar-refractivity contribution in [3.05, 3.63) is 39.9 Å². The minimum atomic E-state index is -0.0709. The van der Waals surface area contributed by atoms with E-state index in [-0.39, 0.29) is 16.4 Å². The number of nitrogens with one attached hydrogen (secondary N) is 1. The topological polar surface area (TPSA) is 45.8 Å². The highest BCUT2D eigenvalue weighted by Crippen LogP contribution is 2.31. The minimum absolute atomic E-state index is 0.0408. The number of hydrogen-bond acceptors (Lipinski definition) is 2. The van der Waals surface area contributed by atoms with E-state index in [0.29, 0.717) is 0 Å². The Kier molecular flexibility index (Phi) is 3.04. The fraction of sp³-hybridized carbons (Fsp3) is 0.500. The van der Waals surface area contributed by atoms with Crippen molar-refractivity contribution in [1.29, 1.82) is 0 Å². The summed E-state index contributed by atoms with van der Waals surface area (Å²) in [5, 5.41) is 1.03. The standard InChI is InChI=1S/C16H22N2O/c1-15(2,3)12-9-11-10(7-8-13(19)17-11)14(18-12)16(4,5)6/h7-9H,1-6H3,(H,17,19). The lowest BCUT2D eigenvalue weighted by Crippen LogP contribution is -2.21. The van der Waals surface area contributed by atoms with E-state index in [1.54, 1.807) is 6.07 Å². The molecule has 2 rings (SSSR count). The highest BCUT2D eigenvalue weighted by atomic mass is 16.1. The van der Waals surface area contributed by atoms with Gasteiger partial charge in [0.05, 0.1) is 11.2 Å². The molecule has 102 valence electrons. The van der Waals surface area contributed by atoms with Gasteiger partial charge < -0.3 is 4.98 Å². The number of pyridine rings is 2. The van der Waals surface area contributed by atoms with Gasteiger partial charge in [0, 0.05) is 28.0 Å². The number of aromatic amines is 1. The summed E-state index contributed by atoms with van der Waals surface area (Å²) in [4.78, 5) is 19.3. The van der Waals surface area contributed by atoms with E-state index < -0.39 is 0 Å². The Morgan fingerprint density at radius 3 is 2.16 bits per heavy atom. The van der Waals surface area contributed by atoms with Gasteiger partial charge in [-0.3, -0.25) is 9.78 Å². The highest BCUT2D eigenvalue weighted by Gasteiger charge is 2.23. The fourth-order valence-corrected chi connectivity index (χ4v) is 2.12. The van der Waals surface area contributed by atoms with Crippen LogP contribution in [0, 0.1) is 0 Å². The van der Waals surface area contributed by atoms with E-state index in [1.807, 2.05) is 12.1 Å². The van der Waals surface area contributed by atoms with Crippen LogP contribution in [0.5, 0.6) is 0 Å². The van der Waals surface area contributed by atoms with Gasteiger partial charge in [-0.05, 0) is 12.1 Å². The number of aromatic nitrogens is 2. The van der Waals surface area contributed by atoms with Crippen molar-refractivity contribution >= 4 is 10.9 Å². The molecule has 0 unspecified atom stereocenters. The molecule has 2 aromatic heterocycles. The lowest BCUT2D eigenvalue weighted by atomic mass is 9.86. The molecule has 0 aromatic carbocycles. The molecule has 0 bridgehead atoms. The third kappa shape index (κ3) is 2.70. The van der Waals surface area contributed by atoms with Crippen molar-refractivity contribution in [1.82, 2.24) is 9.97 Å². The number of H-pyrrole nitrogens is 1. The number of fused-ring (bicyclic) bond motifs is 1. The maximum absolute atomic E-state index is 11.5. The molecule has 0 spiro atoms. The van der Waals surface area contributed by atoms with E-state index >= 15 is 0 Å². The van der Waals surface area contributed by atoms with Crippen LogP contribution in [0.4, 0.5) is 0 Å². The number of hydrogen-bond donors (Lipinski definition) is 1. The Hall–Kier alpha value is -1.64. The van der Waals surface area contributed by atoms with Crippen molar-refractivity contribution in [3.63, 3.8) is 0 Å². The van der Waals surface area contributed by atoms with Crippen LogP contribution in [0.15, 0.2) is 23.0 Å². The lowest BCUT2D eigenvalue weighted by molar-refractivity contribution is 0.536. The first kappa shape index (κ1) is 13.8. The van der Waals surface area contributed by atoms with Crippen LogP contribution in [0.25, 0.3) is 10.9 Å². The Morgan fingerprint density at radius 1 is 1.00 bits per heavy atom. The van der Waals surface area contributed by atoms with Gasteiger partial charge in [-0.2, -0.15) is 0 Å². The Labute approximate surface area is 114 Å². The van der Waals surface area contributed by atoms with Gasteiger partial charge in [-0.15, -0.1) is 0 Å². The predicted molar refractivity (Wildman–Crippen MR) is 79.8 cm³/mol. The molecule has 0 fully saturated rings. The van der Waals surface area contributed by atoms with Crippen molar-refractivity contribution in [2.24, 2.45) is 0 Å². The molecule has 19 heavy (non-hydrogen) atoms. The van der Waals surface area contributed by atoms with Gasteiger partial charge >= 0.3 is 0 Å². The summed E-state index contributed by atoms with van der Waals surface area (Å²) in [5.74, 6) is 0. The maximum Gasteiger partial charge on any atom is 0.248 e. The van der Waals surface area contributed by atoms with Crippen molar-refractivity contribution in [2.75, 3.05) is 0 Å². The third-order valence-electron chi connectivity index (χ3n) is 3.20. The monoisotopic (exact) mass is 258 g/mol. The van der Waals surface area contributed by atoms with E-state index in [2.05, 4.69) is 46.5 Å². The Bertz CT molecular complexity index is 670. The molecule has 0 saturated carbocycles. The maximum atomic E-state index is 11.5. The molecule has 0 amide bonds. The predicted octanol–water partition coefficient (Wildman–Crippen LogP) is 3.52. The zero-order valence-corrected chi connectivity index (χ0v) is 12.6. The van der Waals surface area contributed by atoms with Gasteiger partial charge in [0.2, 0.25) is 5.56 Å². The highest BCUT2D eigenvalue weighted by molar-refractivity contribution is 5.82. The summed E-state index contributed by atoms with van der Waals surface area (Å²) < 4.78 is 0. The van der Waals surface area contributed by atoms with Crippen LogP contribution in [-0.4, -0.2) is 9.97 Å². The molecule has 0 aliphatic rings. The summed E-state index contributed by atoms with van der Waals surface area (Å²) in [6.07, 6.45) is 0. The van der Waals surface area contributed by atoms with Crippen LogP contribution in [0.1, 0.15) is 52.9 Å². The average molecular weight is 258 g/mol. The van der Waals surface area contributed by atoms with Gasteiger partial charge in [-0.25, -0.2) is 0 Å². The van der Waals surface area contributed by atoms with Crippen LogP contribution >= 0.6 is 0 Å². The largest absolute Gasteiger partial charge is 0.322 e. The summed E-state index contributed by atoms with van der Waals surface area (Å²) in [7, 11) is 0. The second-order valence-electron chi connectivity index (χ2n) is 7.14. The van der Waals surface area contributed by atoms with E-state index in [0.717, 1.165) is 22.3 Å². The number of rotatable bonds is 0. The van der Waals surface area contributed by atoms with E-state index in [9.17, 15) is 4.79 Å². The molecule has 2 heterocycles. The van der Waals surface area contributed by atoms with Gasteiger partial charge in [0.15, 0.2) is 0 Å². The minimum Gasteiger partial charge on any atom is -0.322 e. The summed E-state index contributed by atoms with van der Waals surface area (Å²) in [5.41, 5.74) is 2.74. The van der Waals surface area contributed by atoms with Crippen molar-refractivity contribution in [2.45, 2.75) is 52.4 Å². The molecule has 3 heteroatoms. The zero-order chi connectivity index (χ0) is 14.4. The first-order valence-electron chi connectivity index (χ1n) is 6.64. The van der Waals surface area contributed by atoms with Crippen LogP contribution in [0.2, 0.25) is 0 Å². The lowest BCUT2D eigenvalue weighted by Gasteiger charge is -2.25. The molecule has 3 nitrogen and oxygen atoms in total. The molecule has 0 radical (unpaired) electrons. The second kappa shape index (κ2) is 4.19. The SMILES string of the molecule is CC(C)(C)c1cc2[nH]c(=O)ccc2c(C(C)(C)C)n1. The molecule has 0 saturated heterocycles. The molecule has 0 aliphatic heterocycles. The van der Waals surface area contributed by atoms with Gasteiger partial charge in [-0.1, -0.05) is 41.5 Å². The van der Waals surface area contributed by atoms with Crippen LogP contribution in [0.3, 0.4) is 0 Å². The van der Waals surface area contributed by atoms with Crippen molar-refractivity contribution in [3.8, 4) is 0 Å². The van der Waals surface area contributed by atoms with Gasteiger partial charge in [0.25, 0.3) is 0 Å². The average Bonchev–Trinajstić information content (AvgIpc) is 2.24. The first-order valence-corrected chi connectivity index (χ1v) is 6.64. The molecule has 0 aliphatic carbocycles. The summed E-state index contributed by atoms with van der Waals surface area (Å²) in [6, 6.07) is 5.43. The first-order chi connectivity index (χ1) is 8.59. The number of nitrogens with zero attached hydrogens (tertiary/aromatic N) is 1. The normalized spacial score (nSPS) is 12.9. The van der Waals surface area contributed by atoms with E-state index in [4.69, 9.17) is 4.98 Å². The molecule has 0 atom stereocenters. The summed E-state index contributed by atoms with van der Waals surface area (Å²) in [6.45, 7) is 12.8.